The van der Waals surface area contributed by atoms with Gasteiger partial charge in [0.15, 0.2) is 19.5 Å². The number of carbonyl (C=O) groups is 1. The zero-order valence-corrected chi connectivity index (χ0v) is 16.4. The number of nitrogens with two attached hydrogens (primary N) is 1. The Hall–Kier alpha value is -4.12. The van der Waals surface area contributed by atoms with Crippen molar-refractivity contribution in [2.24, 2.45) is 0 Å². The number of hydrogen-bond acceptors (Lipinski definition) is 8. The lowest BCUT2D eigenvalue weighted by Gasteiger charge is -2.11. The monoisotopic (exact) mass is 411 g/mol. The molecular formula is C20H18BN9O. The van der Waals surface area contributed by atoms with Gasteiger partial charge < -0.3 is 16.3 Å². The van der Waals surface area contributed by atoms with Crippen LogP contribution in [0.1, 0.15) is 16.1 Å². The van der Waals surface area contributed by atoms with E-state index in [1.54, 1.807) is 12.3 Å². The molecule has 4 N–H and O–H groups in total. The van der Waals surface area contributed by atoms with Crippen LogP contribution in [0.15, 0.2) is 61.6 Å². The number of benzene rings is 1. The second-order valence-electron chi connectivity index (χ2n) is 6.58. The molecule has 0 saturated carbocycles. The molecule has 152 valence electrons. The van der Waals surface area contributed by atoms with Gasteiger partial charge >= 0.3 is 0 Å². The quantitative estimate of drug-likeness (QED) is 0.386. The van der Waals surface area contributed by atoms with Crippen molar-refractivity contribution in [3.63, 3.8) is 0 Å². The van der Waals surface area contributed by atoms with Gasteiger partial charge in [-0.05, 0) is 24.6 Å². The fourth-order valence-corrected chi connectivity index (χ4v) is 2.96. The standard InChI is InChI=1S/C20H18BN9O/c21-26-8-5-13-1-3-14(4-2-13)15-10-25-19(22)18(28-15)20(31)29-16-9-23-7-6-17(16)30-12-24-11-27-30/h1-4,6-7,9-12,26H,5,8H2,(H2,22,25)(H,29,31). The second kappa shape index (κ2) is 9.14. The van der Waals surface area contributed by atoms with E-state index < -0.39 is 5.91 Å². The van der Waals surface area contributed by atoms with E-state index in [0.717, 1.165) is 17.5 Å². The number of amides is 1. The highest BCUT2D eigenvalue weighted by molar-refractivity contribution is 6.06. The third-order valence-electron chi connectivity index (χ3n) is 4.54. The maximum Gasteiger partial charge on any atom is 0.278 e. The molecule has 0 spiro atoms. The SMILES string of the molecule is [B]NCCc1ccc(-c2cnc(N)c(C(=O)Nc3cnccc3-n3cncn3)n2)cc1. The highest BCUT2D eigenvalue weighted by Gasteiger charge is 2.17. The van der Waals surface area contributed by atoms with Gasteiger partial charge in [0.2, 0.25) is 0 Å². The smallest absolute Gasteiger partial charge is 0.278 e. The average molecular weight is 411 g/mol. The summed E-state index contributed by atoms with van der Waals surface area (Å²) < 4.78 is 1.52. The van der Waals surface area contributed by atoms with E-state index in [9.17, 15) is 4.79 Å². The van der Waals surface area contributed by atoms with Gasteiger partial charge in [0.25, 0.3) is 5.91 Å². The third-order valence-corrected chi connectivity index (χ3v) is 4.54. The predicted molar refractivity (Wildman–Crippen MR) is 116 cm³/mol. The number of nitrogen functional groups attached to an aromatic ring is 1. The molecule has 2 radical (unpaired) electrons. The molecule has 0 saturated heterocycles. The lowest BCUT2D eigenvalue weighted by Crippen LogP contribution is -2.18. The minimum atomic E-state index is -0.508. The van der Waals surface area contributed by atoms with Gasteiger partial charge in [0.05, 0.1) is 29.5 Å². The highest BCUT2D eigenvalue weighted by Crippen LogP contribution is 2.22. The Kier molecular flexibility index (Phi) is 5.94. The summed E-state index contributed by atoms with van der Waals surface area (Å²) in [5, 5.41) is 9.49. The maximum absolute atomic E-state index is 12.9. The normalized spacial score (nSPS) is 10.7. The Bertz CT molecular complexity index is 1180. The molecule has 11 heteroatoms. The first-order valence-electron chi connectivity index (χ1n) is 9.41. The molecule has 0 fully saturated rings. The summed E-state index contributed by atoms with van der Waals surface area (Å²) in [5.41, 5.74) is 9.46. The molecule has 1 amide bonds. The molecule has 10 nitrogen and oxygen atoms in total. The number of nitrogens with zero attached hydrogens (tertiary/aromatic N) is 6. The van der Waals surface area contributed by atoms with Crippen LogP contribution in [0.3, 0.4) is 0 Å². The zero-order chi connectivity index (χ0) is 21.6. The first kappa shape index (κ1) is 20.2. The van der Waals surface area contributed by atoms with E-state index in [4.69, 9.17) is 13.7 Å². The molecule has 0 unspecified atom stereocenters. The molecule has 0 bridgehead atoms. The summed E-state index contributed by atoms with van der Waals surface area (Å²) in [5.74, 6) is -0.482. The Balaban J connectivity index is 1.59. The van der Waals surface area contributed by atoms with Crippen molar-refractivity contribution in [2.45, 2.75) is 6.42 Å². The molecule has 0 aliphatic carbocycles. The molecule has 4 rings (SSSR count). The third kappa shape index (κ3) is 4.56. The maximum atomic E-state index is 12.9. The van der Waals surface area contributed by atoms with Crippen LogP contribution in [0.5, 0.6) is 0 Å². The number of rotatable bonds is 7. The van der Waals surface area contributed by atoms with E-state index in [2.05, 4.69) is 35.6 Å². The van der Waals surface area contributed by atoms with Crippen LogP contribution in [0, 0.1) is 0 Å². The van der Waals surface area contributed by atoms with Gasteiger partial charge in [0, 0.05) is 11.8 Å². The Labute approximate surface area is 179 Å². The van der Waals surface area contributed by atoms with Crippen LogP contribution in [0.2, 0.25) is 0 Å². The Morgan fingerprint density at radius 1 is 1.13 bits per heavy atom. The molecule has 4 aromatic rings. The topological polar surface area (TPSA) is 137 Å². The van der Waals surface area contributed by atoms with Gasteiger partial charge in [-0.1, -0.05) is 24.3 Å². The van der Waals surface area contributed by atoms with E-state index in [0.29, 0.717) is 23.6 Å². The van der Waals surface area contributed by atoms with Crippen LogP contribution < -0.4 is 16.3 Å². The first-order valence-corrected chi connectivity index (χ1v) is 9.41. The van der Waals surface area contributed by atoms with Gasteiger partial charge in [-0.3, -0.25) is 9.78 Å². The number of pyridine rings is 1. The van der Waals surface area contributed by atoms with E-state index in [-0.39, 0.29) is 11.5 Å². The van der Waals surface area contributed by atoms with Crippen molar-refractivity contribution >= 4 is 25.4 Å². The van der Waals surface area contributed by atoms with E-state index in [1.807, 2.05) is 24.3 Å². The lowest BCUT2D eigenvalue weighted by molar-refractivity contribution is 0.102. The van der Waals surface area contributed by atoms with Gasteiger partial charge in [-0.15, -0.1) is 0 Å². The van der Waals surface area contributed by atoms with Crippen LogP contribution in [0.25, 0.3) is 16.9 Å². The summed E-state index contributed by atoms with van der Waals surface area (Å²) in [4.78, 5) is 29.5. The summed E-state index contributed by atoms with van der Waals surface area (Å²) in [7, 11) is 5.32. The number of hydrogen-bond donors (Lipinski definition) is 3. The van der Waals surface area contributed by atoms with Crippen LogP contribution >= 0.6 is 0 Å². The number of anilines is 2. The predicted octanol–water partition coefficient (Wildman–Crippen LogP) is 1.17. The molecular weight excluding hydrogens is 393 g/mol. The van der Waals surface area contributed by atoms with Crippen molar-refractivity contribution in [1.29, 1.82) is 0 Å². The minimum Gasteiger partial charge on any atom is -0.382 e. The van der Waals surface area contributed by atoms with Crippen molar-refractivity contribution in [1.82, 2.24) is 34.9 Å². The first-order chi connectivity index (χ1) is 15.2. The molecule has 3 heterocycles. The molecule has 0 aliphatic rings. The molecule has 0 aliphatic heterocycles. The fourth-order valence-electron chi connectivity index (χ4n) is 2.96. The van der Waals surface area contributed by atoms with Gasteiger partial charge in [-0.2, -0.15) is 5.10 Å². The summed E-state index contributed by atoms with van der Waals surface area (Å²) in [6.07, 6.45) is 8.36. The molecule has 31 heavy (non-hydrogen) atoms. The average Bonchev–Trinajstić information content (AvgIpc) is 3.33. The highest BCUT2D eigenvalue weighted by atomic mass is 16.1. The van der Waals surface area contributed by atoms with Crippen LogP contribution in [-0.4, -0.2) is 50.1 Å². The van der Waals surface area contributed by atoms with Crippen molar-refractivity contribution in [2.75, 3.05) is 17.6 Å². The number of nitrogens with one attached hydrogen (secondary N) is 2. The van der Waals surface area contributed by atoms with Crippen molar-refractivity contribution in [3.05, 3.63) is 72.8 Å². The molecule has 3 aromatic heterocycles. The zero-order valence-electron chi connectivity index (χ0n) is 16.4. The van der Waals surface area contributed by atoms with Crippen molar-refractivity contribution in [3.8, 4) is 16.9 Å². The molecule has 1 aromatic carbocycles. The molecule has 0 atom stereocenters. The van der Waals surface area contributed by atoms with E-state index in [1.165, 1.54) is 29.7 Å². The summed E-state index contributed by atoms with van der Waals surface area (Å²) >= 11 is 0. The number of carbonyl (C=O) groups excluding carboxylic acids is 1. The van der Waals surface area contributed by atoms with Gasteiger partial charge in [-0.25, -0.2) is 19.6 Å². The minimum absolute atomic E-state index is 0.0160. The fraction of sp³-hybridized carbons (Fsp3) is 0.100. The van der Waals surface area contributed by atoms with Crippen LogP contribution in [-0.2, 0) is 6.42 Å². The van der Waals surface area contributed by atoms with Crippen LogP contribution in [0.4, 0.5) is 11.5 Å². The van der Waals surface area contributed by atoms with E-state index >= 15 is 0 Å². The van der Waals surface area contributed by atoms with Gasteiger partial charge in [0.1, 0.15) is 12.7 Å². The Morgan fingerprint density at radius 3 is 2.71 bits per heavy atom. The number of aromatic nitrogens is 6. The van der Waals surface area contributed by atoms with Crippen molar-refractivity contribution < 1.29 is 4.79 Å². The summed E-state index contributed by atoms with van der Waals surface area (Å²) in [6.45, 7) is 0.677. The second-order valence-corrected chi connectivity index (χ2v) is 6.58. The summed E-state index contributed by atoms with van der Waals surface area (Å²) in [6, 6.07) is 9.49. The lowest BCUT2D eigenvalue weighted by atomic mass is 10.1. The Morgan fingerprint density at radius 2 is 1.97 bits per heavy atom. The largest absolute Gasteiger partial charge is 0.382 e.